The lowest BCUT2D eigenvalue weighted by atomic mass is 9.95. The minimum atomic E-state index is -1.60. The largest absolute Gasteiger partial charge is 0.362 e. The summed E-state index contributed by atoms with van der Waals surface area (Å²) in [5, 5.41) is 10.8. The zero-order valence-electron chi connectivity index (χ0n) is 9.38. The smallest absolute Gasteiger partial charge is 0.271 e. The number of fused-ring (bicyclic) bond motifs is 1. The van der Waals surface area contributed by atoms with Crippen LogP contribution < -0.4 is 0 Å². The van der Waals surface area contributed by atoms with E-state index in [-0.39, 0.29) is 0 Å². The maximum absolute atomic E-state index is 12.0. The van der Waals surface area contributed by atoms with Gasteiger partial charge in [0.05, 0.1) is 0 Å². The van der Waals surface area contributed by atoms with E-state index < -0.39 is 11.6 Å². The Kier molecular flexibility index (Phi) is 2.40. The first-order valence-corrected chi connectivity index (χ1v) is 5.87. The first-order chi connectivity index (χ1) is 8.65. The summed E-state index contributed by atoms with van der Waals surface area (Å²) in [5.41, 5.74) is -0.0930. The fraction of sp³-hybridized carbons (Fsp3) is 0.0714. The van der Waals surface area contributed by atoms with Gasteiger partial charge in [0.1, 0.15) is 0 Å². The minimum Gasteiger partial charge on any atom is -0.362 e. The highest BCUT2D eigenvalue weighted by molar-refractivity contribution is 6.26. The zero-order valence-corrected chi connectivity index (χ0v) is 10.1. The van der Waals surface area contributed by atoms with E-state index in [9.17, 15) is 9.90 Å². The van der Waals surface area contributed by atoms with Gasteiger partial charge in [-0.25, -0.2) is 4.42 Å². The summed E-state index contributed by atoms with van der Waals surface area (Å²) in [5.74, 6) is -0.390. The van der Waals surface area contributed by atoms with Gasteiger partial charge < -0.3 is 5.11 Å². The maximum Gasteiger partial charge on any atom is 0.271 e. The number of hydrogen-bond donors (Lipinski definition) is 1. The van der Waals surface area contributed by atoms with Crippen LogP contribution in [0.2, 0.25) is 0 Å². The summed E-state index contributed by atoms with van der Waals surface area (Å²) >= 11 is 6.00. The molecule has 0 bridgehead atoms. The average Bonchev–Trinajstić information content (AvgIpc) is 2.64. The number of halogens is 1. The molecule has 1 N–H and O–H groups in total. The number of aliphatic hydroxyl groups is 1. The fourth-order valence-corrected chi connectivity index (χ4v) is 2.55. The lowest BCUT2D eigenvalue weighted by Gasteiger charge is -2.29. The van der Waals surface area contributed by atoms with Gasteiger partial charge in [0, 0.05) is 28.5 Å². The first-order valence-electron chi connectivity index (χ1n) is 5.53. The predicted octanol–water partition coefficient (Wildman–Crippen LogP) is 2.49. The molecule has 0 aromatic heterocycles. The van der Waals surface area contributed by atoms with Gasteiger partial charge in [-0.05, 0) is 6.07 Å². The molecule has 0 saturated carbocycles. The van der Waals surface area contributed by atoms with Crippen LogP contribution in [0.25, 0.3) is 0 Å². The Labute approximate surface area is 109 Å². The second kappa shape index (κ2) is 3.83. The molecular weight excluding hydrogens is 250 g/mol. The molecule has 0 fully saturated rings. The Morgan fingerprint density at radius 3 is 2.33 bits per heavy atom. The van der Waals surface area contributed by atoms with E-state index in [1.807, 2.05) is 6.07 Å². The summed E-state index contributed by atoms with van der Waals surface area (Å²) in [6, 6.07) is 15.8. The van der Waals surface area contributed by atoms with E-state index in [2.05, 4.69) is 0 Å². The molecule has 1 heterocycles. The van der Waals surface area contributed by atoms with Gasteiger partial charge in [0.25, 0.3) is 5.91 Å². The average molecular weight is 260 g/mol. The molecule has 0 radical (unpaired) electrons. The minimum absolute atomic E-state index is 0.390. The maximum atomic E-state index is 12.0. The summed E-state index contributed by atoms with van der Waals surface area (Å²) in [6.45, 7) is 0. The number of hydrogen-bond acceptors (Lipinski definition) is 2. The van der Waals surface area contributed by atoms with Gasteiger partial charge in [0.2, 0.25) is 5.72 Å². The Balaban J connectivity index is 2.27. The quantitative estimate of drug-likeness (QED) is 0.800. The third kappa shape index (κ3) is 1.32. The van der Waals surface area contributed by atoms with E-state index in [0.29, 0.717) is 16.7 Å². The van der Waals surface area contributed by atoms with Crippen molar-refractivity contribution in [1.29, 1.82) is 0 Å². The molecule has 3 nitrogen and oxygen atoms in total. The first kappa shape index (κ1) is 11.3. The molecule has 0 aliphatic carbocycles. The molecule has 0 saturated heterocycles. The monoisotopic (exact) mass is 259 g/mol. The van der Waals surface area contributed by atoms with E-state index >= 15 is 0 Å². The molecule has 18 heavy (non-hydrogen) atoms. The lowest BCUT2D eigenvalue weighted by Crippen LogP contribution is -2.38. The van der Waals surface area contributed by atoms with E-state index in [4.69, 9.17) is 11.8 Å². The van der Waals surface area contributed by atoms with Crippen molar-refractivity contribution in [3.05, 3.63) is 71.3 Å². The zero-order chi connectivity index (χ0) is 12.8. The van der Waals surface area contributed by atoms with Gasteiger partial charge in [-0.1, -0.05) is 48.5 Å². The molecule has 1 aliphatic rings. The van der Waals surface area contributed by atoms with Crippen LogP contribution in [0.1, 0.15) is 21.5 Å². The lowest BCUT2D eigenvalue weighted by molar-refractivity contribution is -0.00652. The molecule has 1 amide bonds. The molecule has 0 spiro atoms. The van der Waals surface area contributed by atoms with Crippen molar-refractivity contribution in [2.45, 2.75) is 5.72 Å². The van der Waals surface area contributed by atoms with Crippen LogP contribution in [-0.4, -0.2) is 15.4 Å². The second-order valence-electron chi connectivity index (χ2n) is 4.17. The normalized spacial score (nSPS) is 22.1. The van der Waals surface area contributed by atoms with Crippen molar-refractivity contribution in [3.63, 3.8) is 0 Å². The number of benzene rings is 2. The molecular formula is C14H10ClNO2. The fourth-order valence-electron chi connectivity index (χ4n) is 2.27. The molecule has 4 heteroatoms. The predicted molar refractivity (Wildman–Crippen MR) is 67.9 cm³/mol. The third-order valence-electron chi connectivity index (χ3n) is 3.17. The second-order valence-corrected chi connectivity index (χ2v) is 4.51. The van der Waals surface area contributed by atoms with Crippen LogP contribution in [0.15, 0.2) is 54.6 Å². The van der Waals surface area contributed by atoms with Crippen molar-refractivity contribution in [2.24, 2.45) is 0 Å². The molecule has 1 atom stereocenters. The molecule has 1 aliphatic heterocycles. The molecule has 1 unspecified atom stereocenters. The molecule has 2 aromatic rings. The van der Waals surface area contributed by atoms with Crippen LogP contribution in [0.4, 0.5) is 0 Å². The number of carbonyl (C=O) groups excluding carboxylic acids is 1. The highest BCUT2D eigenvalue weighted by Gasteiger charge is 2.49. The Morgan fingerprint density at radius 2 is 1.61 bits per heavy atom. The summed E-state index contributed by atoms with van der Waals surface area (Å²) in [7, 11) is 0. The third-order valence-corrected chi connectivity index (χ3v) is 3.57. The van der Waals surface area contributed by atoms with Gasteiger partial charge in [-0.2, -0.15) is 0 Å². The topological polar surface area (TPSA) is 40.5 Å². The molecule has 3 rings (SSSR count). The summed E-state index contributed by atoms with van der Waals surface area (Å²) < 4.78 is 0.854. The van der Waals surface area contributed by atoms with Crippen molar-refractivity contribution < 1.29 is 9.90 Å². The van der Waals surface area contributed by atoms with Crippen molar-refractivity contribution in [2.75, 3.05) is 0 Å². The Morgan fingerprint density at radius 1 is 1.00 bits per heavy atom. The van der Waals surface area contributed by atoms with E-state index in [0.717, 1.165) is 4.42 Å². The SMILES string of the molecule is O=C1c2ccccc2C(O)(c2ccccc2)N1Cl. The van der Waals surface area contributed by atoms with Gasteiger partial charge >= 0.3 is 0 Å². The van der Waals surface area contributed by atoms with Crippen molar-refractivity contribution in [1.82, 2.24) is 4.42 Å². The highest BCUT2D eigenvalue weighted by atomic mass is 35.5. The number of carbonyl (C=O) groups is 1. The standard InChI is InChI=1S/C14H10ClNO2/c15-16-13(17)11-8-4-5-9-12(11)14(16,18)10-6-2-1-3-7-10/h1-9,18H. The Bertz CT molecular complexity index is 614. The van der Waals surface area contributed by atoms with Gasteiger partial charge in [-0.15, -0.1) is 0 Å². The number of rotatable bonds is 1. The van der Waals surface area contributed by atoms with Crippen LogP contribution in [0.3, 0.4) is 0 Å². The van der Waals surface area contributed by atoms with Crippen molar-refractivity contribution >= 4 is 17.7 Å². The van der Waals surface area contributed by atoms with Gasteiger partial charge in [-0.3, -0.25) is 4.79 Å². The highest BCUT2D eigenvalue weighted by Crippen LogP contribution is 2.43. The summed E-state index contributed by atoms with van der Waals surface area (Å²) in [6.07, 6.45) is 0. The van der Waals surface area contributed by atoms with Crippen LogP contribution in [0.5, 0.6) is 0 Å². The van der Waals surface area contributed by atoms with Crippen LogP contribution in [0, 0.1) is 0 Å². The molecule has 90 valence electrons. The number of nitrogens with zero attached hydrogens (tertiary/aromatic N) is 1. The molecule has 2 aromatic carbocycles. The van der Waals surface area contributed by atoms with E-state index in [1.165, 1.54) is 0 Å². The van der Waals surface area contributed by atoms with Crippen molar-refractivity contribution in [3.8, 4) is 0 Å². The van der Waals surface area contributed by atoms with E-state index in [1.54, 1.807) is 48.5 Å². The van der Waals surface area contributed by atoms with Crippen LogP contribution >= 0.6 is 11.8 Å². The van der Waals surface area contributed by atoms with Crippen LogP contribution in [-0.2, 0) is 5.72 Å². The Hall–Kier alpha value is -1.84. The van der Waals surface area contributed by atoms with Gasteiger partial charge in [0.15, 0.2) is 0 Å². The summed E-state index contributed by atoms with van der Waals surface area (Å²) in [4.78, 5) is 12.0. The number of amides is 1.